The Hall–Kier alpha value is -2.61. The van der Waals surface area contributed by atoms with Crippen LogP contribution >= 0.6 is 0 Å². The van der Waals surface area contributed by atoms with Gasteiger partial charge in [0.2, 0.25) is 5.91 Å². The average molecular weight is 449 g/mol. The van der Waals surface area contributed by atoms with E-state index in [0.717, 1.165) is 10.5 Å². The number of piperazine rings is 1. The summed E-state index contributed by atoms with van der Waals surface area (Å²) in [6.45, 7) is 12.3. The van der Waals surface area contributed by atoms with Crippen LogP contribution in [0.4, 0.5) is 4.79 Å². The quantitative estimate of drug-likeness (QED) is 0.718. The number of benzene rings is 1. The second-order valence-corrected chi connectivity index (χ2v) is 9.87. The summed E-state index contributed by atoms with van der Waals surface area (Å²) >= 11 is 0. The molecule has 0 aliphatic carbocycles. The molecule has 1 heterocycles. The zero-order valence-corrected chi connectivity index (χ0v) is 20.3. The summed E-state index contributed by atoms with van der Waals surface area (Å²) in [5.74, 6) is -0.968. The highest BCUT2D eigenvalue weighted by molar-refractivity contribution is 6.05. The fourth-order valence-corrected chi connectivity index (χ4v) is 3.76. The molecular formula is C24H36N2O6. The van der Waals surface area contributed by atoms with Gasteiger partial charge in [-0.05, 0) is 50.3 Å². The number of carbonyl (C=O) groups excluding carboxylic acids is 3. The maximum Gasteiger partial charge on any atom is 0.417 e. The van der Waals surface area contributed by atoms with Gasteiger partial charge in [-0.1, -0.05) is 39.8 Å². The van der Waals surface area contributed by atoms with E-state index in [0.29, 0.717) is 5.75 Å². The Bertz CT molecular complexity index is 828. The lowest BCUT2D eigenvalue weighted by molar-refractivity contribution is -0.169. The summed E-state index contributed by atoms with van der Waals surface area (Å²) in [5.41, 5.74) is -0.0532. The third kappa shape index (κ3) is 5.59. The normalized spacial score (nSPS) is 20.7. The van der Waals surface area contributed by atoms with Gasteiger partial charge in [-0.3, -0.25) is 9.59 Å². The van der Waals surface area contributed by atoms with Crippen LogP contribution in [0.1, 0.15) is 54.0 Å². The Kier molecular flexibility index (Phi) is 7.93. The first-order valence-electron chi connectivity index (χ1n) is 11.0. The van der Waals surface area contributed by atoms with Crippen LogP contribution in [0, 0.1) is 11.8 Å². The summed E-state index contributed by atoms with van der Waals surface area (Å²) in [4.78, 5) is 42.5. The van der Waals surface area contributed by atoms with Gasteiger partial charge in [0.05, 0.1) is 13.2 Å². The smallest absolute Gasteiger partial charge is 0.417 e. The molecule has 1 saturated heterocycles. The van der Waals surface area contributed by atoms with E-state index in [1.54, 1.807) is 53.9 Å². The minimum Gasteiger partial charge on any atom is -0.497 e. The van der Waals surface area contributed by atoms with Gasteiger partial charge in [-0.25, -0.2) is 9.69 Å². The van der Waals surface area contributed by atoms with Gasteiger partial charge in [-0.2, -0.15) is 0 Å². The minimum absolute atomic E-state index is 0.168. The zero-order chi connectivity index (χ0) is 24.4. The highest BCUT2D eigenvalue weighted by Crippen LogP contribution is 2.30. The van der Waals surface area contributed by atoms with E-state index in [-0.39, 0.29) is 18.4 Å². The van der Waals surface area contributed by atoms with Crippen LogP contribution in [0.15, 0.2) is 24.3 Å². The van der Waals surface area contributed by atoms with Gasteiger partial charge < -0.3 is 19.5 Å². The summed E-state index contributed by atoms with van der Waals surface area (Å²) in [6, 6.07) is 4.98. The van der Waals surface area contributed by atoms with Crippen molar-refractivity contribution in [3.05, 3.63) is 29.8 Å². The second-order valence-electron chi connectivity index (χ2n) is 9.87. The molecule has 178 valence electrons. The Morgan fingerprint density at radius 2 is 1.59 bits per heavy atom. The lowest BCUT2D eigenvalue weighted by Crippen LogP contribution is -2.70. The van der Waals surface area contributed by atoms with Crippen LogP contribution in [-0.4, -0.2) is 63.7 Å². The first-order chi connectivity index (χ1) is 14.8. The number of amides is 3. The van der Waals surface area contributed by atoms with Crippen molar-refractivity contribution in [2.24, 2.45) is 11.8 Å². The largest absolute Gasteiger partial charge is 0.497 e. The molecule has 1 aromatic carbocycles. The van der Waals surface area contributed by atoms with Crippen LogP contribution in [0.3, 0.4) is 0 Å². The highest BCUT2D eigenvalue weighted by atomic mass is 16.6. The van der Waals surface area contributed by atoms with Gasteiger partial charge in [-0.15, -0.1) is 0 Å². The SMILES string of the molecule is COc1ccc(CN2C(=O)[C@H]([C@H](O)C(C)C)N(C(=O)OC(C)(C)C)C(=O)[C@@H]2C(C)C)cc1. The first kappa shape index (κ1) is 25.6. The molecule has 3 atom stereocenters. The molecule has 2 rings (SSSR count). The maximum absolute atomic E-state index is 13.7. The molecule has 1 N–H and O–H groups in total. The molecule has 8 nitrogen and oxygen atoms in total. The number of imide groups is 1. The number of carbonyl (C=O) groups is 3. The van der Waals surface area contributed by atoms with E-state index in [2.05, 4.69) is 0 Å². The molecule has 0 unspecified atom stereocenters. The number of nitrogens with zero attached hydrogens (tertiary/aromatic N) is 2. The van der Waals surface area contributed by atoms with Gasteiger partial charge in [0.25, 0.3) is 5.91 Å². The Morgan fingerprint density at radius 1 is 1.03 bits per heavy atom. The van der Waals surface area contributed by atoms with Crippen LogP contribution < -0.4 is 4.74 Å². The monoisotopic (exact) mass is 448 g/mol. The highest BCUT2D eigenvalue weighted by Gasteiger charge is 2.53. The molecule has 1 fully saturated rings. The van der Waals surface area contributed by atoms with Crippen LogP contribution in [0.5, 0.6) is 5.75 Å². The molecule has 32 heavy (non-hydrogen) atoms. The maximum atomic E-state index is 13.7. The van der Waals surface area contributed by atoms with Crippen molar-refractivity contribution in [1.29, 1.82) is 0 Å². The fourth-order valence-electron chi connectivity index (χ4n) is 3.76. The summed E-state index contributed by atoms with van der Waals surface area (Å²) in [5, 5.41) is 10.9. The topological polar surface area (TPSA) is 96.4 Å². The fraction of sp³-hybridized carbons (Fsp3) is 0.625. The van der Waals surface area contributed by atoms with E-state index in [9.17, 15) is 19.5 Å². The minimum atomic E-state index is -1.36. The third-order valence-corrected chi connectivity index (χ3v) is 5.38. The summed E-state index contributed by atoms with van der Waals surface area (Å²) < 4.78 is 10.6. The van der Waals surface area contributed by atoms with Crippen LogP contribution in [0.25, 0.3) is 0 Å². The van der Waals surface area contributed by atoms with Gasteiger partial charge >= 0.3 is 6.09 Å². The van der Waals surface area contributed by atoms with Crippen molar-refractivity contribution in [2.45, 2.75) is 78.8 Å². The van der Waals surface area contributed by atoms with Crippen molar-refractivity contribution in [3.8, 4) is 5.75 Å². The number of aliphatic hydroxyl groups excluding tert-OH is 1. The van der Waals surface area contributed by atoms with Crippen molar-refractivity contribution in [2.75, 3.05) is 7.11 Å². The van der Waals surface area contributed by atoms with E-state index in [4.69, 9.17) is 9.47 Å². The molecule has 0 bridgehead atoms. The molecule has 1 aliphatic heterocycles. The number of methoxy groups -OCH3 is 1. The van der Waals surface area contributed by atoms with Crippen LogP contribution in [0.2, 0.25) is 0 Å². The standard InChI is InChI=1S/C24H36N2O6/c1-14(2)18-22(29)26(23(30)32-24(5,6)7)19(20(27)15(3)4)21(28)25(18)13-16-9-11-17(31-8)12-10-16/h9-12,14-15,18-20,27H,13H2,1-8H3/t18-,19-,20+/m0/s1. The first-order valence-corrected chi connectivity index (χ1v) is 11.0. The van der Waals surface area contributed by atoms with Gasteiger partial charge in [0.15, 0.2) is 0 Å². The van der Waals surface area contributed by atoms with Gasteiger partial charge in [0.1, 0.15) is 23.4 Å². The third-order valence-electron chi connectivity index (χ3n) is 5.38. The van der Waals surface area contributed by atoms with E-state index < -0.39 is 41.7 Å². The number of rotatable bonds is 6. The molecule has 0 saturated carbocycles. The molecule has 3 amide bonds. The molecule has 0 aromatic heterocycles. The molecule has 1 aromatic rings. The van der Waals surface area contributed by atoms with Gasteiger partial charge in [0, 0.05) is 6.54 Å². The average Bonchev–Trinajstić information content (AvgIpc) is 2.68. The predicted octanol–water partition coefficient (Wildman–Crippen LogP) is 3.21. The molecule has 0 spiro atoms. The van der Waals surface area contributed by atoms with Crippen molar-refractivity contribution >= 4 is 17.9 Å². The lowest BCUT2D eigenvalue weighted by atomic mass is 9.89. The van der Waals surface area contributed by atoms with E-state index in [1.807, 2.05) is 26.0 Å². The number of hydrogen-bond acceptors (Lipinski definition) is 6. The second kappa shape index (κ2) is 9.90. The Balaban J connectivity index is 2.50. The number of aliphatic hydroxyl groups is 1. The van der Waals surface area contributed by atoms with Crippen LogP contribution in [-0.2, 0) is 20.9 Å². The molecule has 8 heteroatoms. The predicted molar refractivity (Wildman–Crippen MR) is 120 cm³/mol. The summed E-state index contributed by atoms with van der Waals surface area (Å²) in [6.07, 6.45) is -2.15. The molecule has 0 radical (unpaired) electrons. The molecule has 1 aliphatic rings. The van der Waals surface area contributed by atoms with E-state index >= 15 is 0 Å². The summed E-state index contributed by atoms with van der Waals surface area (Å²) in [7, 11) is 1.57. The van der Waals surface area contributed by atoms with Crippen molar-refractivity contribution in [3.63, 3.8) is 0 Å². The zero-order valence-electron chi connectivity index (χ0n) is 20.3. The molecular weight excluding hydrogens is 412 g/mol. The Labute approximate surface area is 190 Å². The van der Waals surface area contributed by atoms with E-state index in [1.165, 1.54) is 4.90 Å². The van der Waals surface area contributed by atoms with Crippen molar-refractivity contribution < 1.29 is 29.0 Å². The number of ether oxygens (including phenoxy) is 2. The number of hydrogen-bond donors (Lipinski definition) is 1. The Morgan fingerprint density at radius 3 is 2.03 bits per heavy atom. The van der Waals surface area contributed by atoms with Crippen molar-refractivity contribution in [1.82, 2.24) is 9.80 Å². The lowest BCUT2D eigenvalue weighted by Gasteiger charge is -2.47.